The maximum Gasteiger partial charge on any atom is 0.330 e. The van der Waals surface area contributed by atoms with Crippen LogP contribution < -0.4 is 16.3 Å². The molecule has 11 nitrogen and oxygen atoms in total. The molecule has 1 rings (SSSR count). The molecule has 0 radical (unpaired) electrons. The minimum Gasteiger partial charge on any atom is -0.462 e. The summed E-state index contributed by atoms with van der Waals surface area (Å²) in [7, 11) is -2.99. The van der Waals surface area contributed by atoms with Crippen LogP contribution in [0.2, 0.25) is 0 Å². The lowest BCUT2D eigenvalue weighted by Gasteiger charge is -2.24. The maximum absolute atomic E-state index is 13.5. The summed E-state index contributed by atoms with van der Waals surface area (Å²) >= 11 is 0. The smallest absolute Gasteiger partial charge is 0.330 e. The summed E-state index contributed by atoms with van der Waals surface area (Å²) in [4.78, 5) is 37.0. The molecule has 13 heteroatoms. The number of rotatable bonds is 11. The number of nitrogens with zero attached hydrogens (tertiary/aromatic N) is 1. The zero-order valence-corrected chi connectivity index (χ0v) is 17.8. The van der Waals surface area contributed by atoms with Crippen LogP contribution in [0, 0.1) is 6.92 Å². The van der Waals surface area contributed by atoms with Crippen molar-refractivity contribution in [1.29, 1.82) is 0 Å². The SMILES string of the molecule is Cc1cn([C@H](C)O[C@@H](CO[PH](=O)N[C@@H](C)C(=O)OC(C)C)[C@H](O)F)c(=O)[nH]c1=O. The number of esters is 1. The minimum absolute atomic E-state index is 0.227. The highest BCUT2D eigenvalue weighted by Gasteiger charge is 2.25. The van der Waals surface area contributed by atoms with Gasteiger partial charge in [0.05, 0.1) is 12.7 Å². The second-order valence-corrected chi connectivity index (χ2v) is 7.73. The van der Waals surface area contributed by atoms with Gasteiger partial charge >= 0.3 is 11.7 Å². The number of hydrogen-bond acceptors (Lipinski definition) is 8. The zero-order chi connectivity index (χ0) is 22.3. The van der Waals surface area contributed by atoms with Crippen LogP contribution in [0.5, 0.6) is 0 Å². The van der Waals surface area contributed by atoms with Gasteiger partial charge in [0.15, 0.2) is 0 Å². The average Bonchev–Trinajstić information content (AvgIpc) is 2.60. The summed E-state index contributed by atoms with van der Waals surface area (Å²) in [5, 5.41) is 11.6. The highest BCUT2D eigenvalue weighted by atomic mass is 31.1. The zero-order valence-electron chi connectivity index (χ0n) is 16.8. The van der Waals surface area contributed by atoms with Crippen LogP contribution in [0.15, 0.2) is 15.8 Å². The van der Waals surface area contributed by atoms with Crippen LogP contribution in [0.1, 0.15) is 39.5 Å². The summed E-state index contributed by atoms with van der Waals surface area (Å²) < 4.78 is 41.6. The van der Waals surface area contributed by atoms with Crippen molar-refractivity contribution in [2.75, 3.05) is 6.61 Å². The Morgan fingerprint density at radius 3 is 2.52 bits per heavy atom. The molecule has 1 unspecified atom stereocenters. The fourth-order valence-corrected chi connectivity index (χ4v) is 3.00. The van der Waals surface area contributed by atoms with Gasteiger partial charge in [-0.2, -0.15) is 0 Å². The van der Waals surface area contributed by atoms with Crippen molar-refractivity contribution in [3.8, 4) is 0 Å². The molecule has 0 aliphatic rings. The Morgan fingerprint density at radius 1 is 1.34 bits per heavy atom. The van der Waals surface area contributed by atoms with Gasteiger partial charge in [-0.3, -0.25) is 23.7 Å². The van der Waals surface area contributed by atoms with E-state index in [-0.39, 0.29) is 11.7 Å². The van der Waals surface area contributed by atoms with E-state index in [2.05, 4.69) is 10.1 Å². The van der Waals surface area contributed by atoms with E-state index in [0.717, 1.165) is 4.57 Å². The molecule has 5 atom stereocenters. The minimum atomic E-state index is -2.99. The predicted octanol–water partition coefficient (Wildman–Crippen LogP) is 0.373. The Kier molecular flexibility index (Phi) is 9.87. The third-order valence-electron chi connectivity index (χ3n) is 3.63. The molecule has 0 spiro atoms. The Morgan fingerprint density at radius 2 is 1.97 bits per heavy atom. The van der Waals surface area contributed by atoms with Crippen LogP contribution in [0.25, 0.3) is 0 Å². The number of nitrogens with one attached hydrogen (secondary N) is 2. The fourth-order valence-electron chi connectivity index (χ4n) is 2.13. The van der Waals surface area contributed by atoms with E-state index in [9.17, 15) is 28.4 Å². The van der Waals surface area contributed by atoms with E-state index < -0.39 is 56.7 Å². The van der Waals surface area contributed by atoms with Crippen molar-refractivity contribution in [2.45, 2.75) is 65.5 Å². The third-order valence-corrected chi connectivity index (χ3v) is 4.73. The van der Waals surface area contributed by atoms with Crippen LogP contribution in [0.4, 0.5) is 4.39 Å². The van der Waals surface area contributed by atoms with Crippen molar-refractivity contribution in [1.82, 2.24) is 14.6 Å². The number of aromatic amines is 1. The van der Waals surface area contributed by atoms with Crippen molar-refractivity contribution in [3.63, 3.8) is 0 Å². The molecule has 0 bridgehead atoms. The van der Waals surface area contributed by atoms with E-state index in [1.165, 1.54) is 27.0 Å². The number of aliphatic hydroxyl groups is 1. The Bertz CT molecular complexity index is 825. The Hall–Kier alpha value is -1.85. The number of carbonyl (C=O) groups excluding carboxylic acids is 1. The lowest BCUT2D eigenvalue weighted by molar-refractivity contribution is -0.153. The average molecular weight is 439 g/mol. The first-order chi connectivity index (χ1) is 13.4. The lowest BCUT2D eigenvalue weighted by Crippen LogP contribution is -2.38. The van der Waals surface area contributed by atoms with Crippen LogP contribution >= 0.6 is 8.18 Å². The number of ether oxygens (including phenoxy) is 2. The second kappa shape index (κ2) is 11.4. The number of aryl methyl sites for hydroxylation is 1. The molecule has 1 aromatic rings. The first-order valence-electron chi connectivity index (χ1n) is 8.85. The van der Waals surface area contributed by atoms with Gasteiger partial charge in [0.2, 0.25) is 6.36 Å². The van der Waals surface area contributed by atoms with Gasteiger partial charge in [-0.25, -0.2) is 14.3 Å². The van der Waals surface area contributed by atoms with Crippen molar-refractivity contribution in [3.05, 3.63) is 32.6 Å². The molecule has 1 aromatic heterocycles. The molecular weight excluding hydrogens is 412 g/mol. The third kappa shape index (κ3) is 8.19. The molecule has 0 aliphatic heterocycles. The normalized spacial score (nSPS) is 16.8. The molecular formula is C16H27FN3O8P. The Labute approximate surface area is 167 Å². The molecule has 29 heavy (non-hydrogen) atoms. The fraction of sp³-hybridized carbons (Fsp3) is 0.688. The van der Waals surface area contributed by atoms with Crippen molar-refractivity contribution in [2.24, 2.45) is 0 Å². The van der Waals surface area contributed by atoms with Gasteiger partial charge in [-0.1, -0.05) is 0 Å². The van der Waals surface area contributed by atoms with Gasteiger partial charge < -0.3 is 19.1 Å². The van der Waals surface area contributed by atoms with Crippen LogP contribution in [0.3, 0.4) is 0 Å². The highest BCUT2D eigenvalue weighted by Crippen LogP contribution is 2.21. The van der Waals surface area contributed by atoms with Gasteiger partial charge in [0, 0.05) is 11.8 Å². The molecule has 0 saturated carbocycles. The first kappa shape index (κ1) is 25.2. The van der Waals surface area contributed by atoms with Gasteiger partial charge in [0.1, 0.15) is 18.4 Å². The molecule has 0 saturated heterocycles. The standard InChI is InChI=1S/C16H27FN3O8P/c1-8(2)27-15(23)10(4)19-29(25)26-7-12(13(17)21)28-11(5)20-6-9(3)14(22)18-16(20)24/h6,8,10-13,21,29H,7H2,1-5H3,(H,19,25)(H,18,22,24)/t10-,11-,12-,13-/m0/s1. The lowest BCUT2D eigenvalue weighted by atomic mass is 10.3. The number of alkyl halides is 1. The summed E-state index contributed by atoms with van der Waals surface area (Å²) in [6, 6.07) is -0.930. The molecule has 1 heterocycles. The van der Waals surface area contributed by atoms with Crippen molar-refractivity contribution >= 4 is 14.1 Å². The van der Waals surface area contributed by atoms with E-state index >= 15 is 0 Å². The van der Waals surface area contributed by atoms with E-state index in [4.69, 9.17) is 14.0 Å². The molecule has 0 amide bonds. The molecule has 166 valence electrons. The first-order valence-corrected chi connectivity index (χ1v) is 10.2. The number of aliphatic hydroxyl groups excluding tert-OH is 1. The largest absolute Gasteiger partial charge is 0.462 e. The van der Waals surface area contributed by atoms with Crippen LogP contribution in [-0.2, 0) is 23.4 Å². The second-order valence-electron chi connectivity index (χ2n) is 6.58. The Balaban J connectivity index is 2.69. The summed E-state index contributed by atoms with van der Waals surface area (Å²) in [6.45, 7) is 6.96. The van der Waals surface area contributed by atoms with E-state index in [1.807, 2.05) is 0 Å². The molecule has 0 fully saturated rings. The number of aromatic nitrogens is 2. The van der Waals surface area contributed by atoms with E-state index in [0.29, 0.717) is 0 Å². The number of hydrogen-bond donors (Lipinski definition) is 3. The predicted molar refractivity (Wildman–Crippen MR) is 102 cm³/mol. The highest BCUT2D eigenvalue weighted by molar-refractivity contribution is 7.36. The summed E-state index contributed by atoms with van der Waals surface area (Å²) in [5.41, 5.74) is -1.13. The molecule has 0 aromatic carbocycles. The quantitative estimate of drug-likeness (QED) is 0.328. The van der Waals surface area contributed by atoms with Gasteiger partial charge in [-0.05, 0) is 34.6 Å². The van der Waals surface area contributed by atoms with E-state index in [1.54, 1.807) is 13.8 Å². The number of carbonyl (C=O) groups is 1. The van der Waals surface area contributed by atoms with Crippen molar-refractivity contribution < 1.29 is 32.9 Å². The van der Waals surface area contributed by atoms with Gasteiger partial charge in [-0.15, -0.1) is 0 Å². The molecule has 3 N–H and O–H groups in total. The number of H-pyrrole nitrogens is 1. The van der Waals surface area contributed by atoms with Crippen LogP contribution in [-0.4, -0.2) is 51.8 Å². The summed E-state index contributed by atoms with van der Waals surface area (Å²) in [5.74, 6) is -0.637. The topological polar surface area (TPSA) is 149 Å². The maximum atomic E-state index is 13.5. The van der Waals surface area contributed by atoms with Gasteiger partial charge in [0.25, 0.3) is 13.7 Å². The molecule has 0 aliphatic carbocycles. The number of halogens is 1. The monoisotopic (exact) mass is 439 g/mol. The summed E-state index contributed by atoms with van der Waals surface area (Å²) in [6.07, 6.45) is -4.29.